The summed E-state index contributed by atoms with van der Waals surface area (Å²) < 4.78 is 0. The summed E-state index contributed by atoms with van der Waals surface area (Å²) in [7, 11) is 0. The number of hydrogen-bond donors (Lipinski definition) is 3. The third-order valence-electron chi connectivity index (χ3n) is 2.51. The van der Waals surface area contributed by atoms with Gasteiger partial charge in [-0.3, -0.25) is 4.79 Å². The molecule has 0 unspecified atom stereocenters. The Morgan fingerprint density at radius 3 is 2.95 bits per heavy atom. The fraction of sp³-hybridized carbons (Fsp3) is 0.133. The highest BCUT2D eigenvalue weighted by atomic mass is 32.1. The van der Waals surface area contributed by atoms with Gasteiger partial charge in [-0.15, -0.1) is 11.3 Å². The molecule has 0 atom stereocenters. The van der Waals surface area contributed by atoms with Crippen molar-refractivity contribution in [3.63, 3.8) is 0 Å². The van der Waals surface area contributed by atoms with Crippen LogP contribution in [0, 0.1) is 11.8 Å². The number of hydrogen-bond acceptors (Lipinski definition) is 4. The molecule has 0 aliphatic rings. The van der Waals surface area contributed by atoms with Crippen LogP contribution >= 0.6 is 11.3 Å². The van der Waals surface area contributed by atoms with E-state index in [1.54, 1.807) is 12.1 Å². The highest BCUT2D eigenvalue weighted by molar-refractivity contribution is 7.12. The first-order chi connectivity index (χ1) is 9.69. The van der Waals surface area contributed by atoms with Crippen molar-refractivity contribution < 1.29 is 9.90 Å². The van der Waals surface area contributed by atoms with Crippen LogP contribution in [0.1, 0.15) is 20.1 Å². The van der Waals surface area contributed by atoms with E-state index in [4.69, 9.17) is 5.73 Å². The highest BCUT2D eigenvalue weighted by Crippen LogP contribution is 2.15. The number of rotatable bonds is 3. The van der Waals surface area contributed by atoms with Gasteiger partial charge >= 0.3 is 0 Å². The lowest BCUT2D eigenvalue weighted by Crippen LogP contribution is -2.22. The minimum atomic E-state index is -0.219. The topological polar surface area (TPSA) is 75.3 Å². The first-order valence-electron chi connectivity index (χ1n) is 6.04. The van der Waals surface area contributed by atoms with E-state index >= 15 is 0 Å². The van der Waals surface area contributed by atoms with Gasteiger partial charge in [-0.25, -0.2) is 0 Å². The van der Waals surface area contributed by atoms with E-state index in [2.05, 4.69) is 17.2 Å². The maximum absolute atomic E-state index is 11.9. The minimum Gasteiger partial charge on any atom is -0.508 e. The van der Waals surface area contributed by atoms with Crippen molar-refractivity contribution in [2.75, 3.05) is 6.54 Å². The Morgan fingerprint density at radius 2 is 2.20 bits per heavy atom. The number of thiophene rings is 1. The zero-order chi connectivity index (χ0) is 14.4. The monoisotopic (exact) mass is 286 g/mol. The summed E-state index contributed by atoms with van der Waals surface area (Å²) in [6.45, 7) is 0.769. The smallest absolute Gasteiger partial charge is 0.251 e. The first-order valence-corrected chi connectivity index (χ1v) is 6.85. The molecular weight excluding hydrogens is 272 g/mol. The summed E-state index contributed by atoms with van der Waals surface area (Å²) in [4.78, 5) is 13.8. The Balaban J connectivity index is 1.95. The Hall–Kier alpha value is -2.29. The van der Waals surface area contributed by atoms with Gasteiger partial charge in [-0.2, -0.15) is 0 Å². The maximum atomic E-state index is 11.9. The Bertz CT molecular complexity index is 668. The normalized spacial score (nSPS) is 9.65. The van der Waals surface area contributed by atoms with Gasteiger partial charge in [0, 0.05) is 10.4 Å². The number of amides is 1. The van der Waals surface area contributed by atoms with Crippen LogP contribution in [0.5, 0.6) is 5.75 Å². The molecule has 1 aromatic carbocycles. The molecule has 0 spiro atoms. The quantitative estimate of drug-likeness (QED) is 0.752. The zero-order valence-corrected chi connectivity index (χ0v) is 11.5. The van der Waals surface area contributed by atoms with Crippen LogP contribution in [0.2, 0.25) is 0 Å². The molecule has 2 rings (SSSR count). The second-order valence-corrected chi connectivity index (χ2v) is 5.17. The van der Waals surface area contributed by atoms with Crippen molar-refractivity contribution in [3.8, 4) is 17.6 Å². The maximum Gasteiger partial charge on any atom is 0.251 e. The third kappa shape index (κ3) is 3.85. The van der Waals surface area contributed by atoms with E-state index in [1.165, 1.54) is 23.5 Å². The van der Waals surface area contributed by atoms with Crippen molar-refractivity contribution in [2.45, 2.75) is 6.54 Å². The molecule has 20 heavy (non-hydrogen) atoms. The second-order valence-electron chi connectivity index (χ2n) is 4.00. The van der Waals surface area contributed by atoms with Gasteiger partial charge in [0.2, 0.25) is 0 Å². The minimum absolute atomic E-state index is 0.0770. The van der Waals surface area contributed by atoms with E-state index in [1.807, 2.05) is 12.1 Å². The van der Waals surface area contributed by atoms with Gasteiger partial charge in [-0.05, 0) is 30.3 Å². The summed E-state index contributed by atoms with van der Waals surface area (Å²) >= 11 is 1.52. The van der Waals surface area contributed by atoms with Crippen LogP contribution in [0.4, 0.5) is 0 Å². The molecule has 4 nitrogen and oxygen atoms in total. The molecule has 5 heteroatoms. The van der Waals surface area contributed by atoms with Crippen LogP contribution in [-0.4, -0.2) is 17.6 Å². The van der Waals surface area contributed by atoms with Crippen molar-refractivity contribution in [2.24, 2.45) is 5.73 Å². The molecule has 1 heterocycles. The van der Waals surface area contributed by atoms with Gasteiger partial charge in [0.15, 0.2) is 0 Å². The van der Waals surface area contributed by atoms with Gasteiger partial charge in [-0.1, -0.05) is 17.9 Å². The number of phenols is 1. The first kappa shape index (κ1) is 14.1. The van der Waals surface area contributed by atoms with Gasteiger partial charge in [0.05, 0.1) is 18.0 Å². The van der Waals surface area contributed by atoms with E-state index < -0.39 is 0 Å². The average Bonchev–Trinajstić information content (AvgIpc) is 2.90. The summed E-state index contributed by atoms with van der Waals surface area (Å²) in [6, 6.07) is 10.1. The fourth-order valence-electron chi connectivity index (χ4n) is 1.59. The van der Waals surface area contributed by atoms with Crippen LogP contribution < -0.4 is 11.1 Å². The third-order valence-corrected chi connectivity index (χ3v) is 3.51. The number of phenolic OH excluding ortho intramolecular Hbond substituents is 1. The molecule has 1 aromatic heterocycles. The number of aromatic hydroxyl groups is 1. The highest BCUT2D eigenvalue weighted by Gasteiger charge is 2.06. The largest absolute Gasteiger partial charge is 0.508 e. The summed E-state index contributed by atoms with van der Waals surface area (Å²) in [5, 5.41) is 12.1. The summed E-state index contributed by atoms with van der Waals surface area (Å²) in [5.41, 5.74) is 5.75. The number of carbonyl (C=O) groups is 1. The molecule has 2 aromatic rings. The van der Waals surface area contributed by atoms with Crippen molar-refractivity contribution in [1.82, 2.24) is 5.32 Å². The lowest BCUT2D eigenvalue weighted by Gasteiger charge is -2.03. The fourth-order valence-corrected chi connectivity index (χ4v) is 2.42. The van der Waals surface area contributed by atoms with E-state index in [0.717, 1.165) is 9.75 Å². The van der Waals surface area contributed by atoms with E-state index in [0.29, 0.717) is 18.7 Å². The second kappa shape index (κ2) is 6.75. The molecule has 0 aliphatic carbocycles. The zero-order valence-electron chi connectivity index (χ0n) is 10.7. The van der Waals surface area contributed by atoms with Crippen molar-refractivity contribution in [1.29, 1.82) is 0 Å². The Kier molecular flexibility index (Phi) is 4.77. The summed E-state index contributed by atoms with van der Waals surface area (Å²) in [6.07, 6.45) is 0. The molecule has 0 fully saturated rings. The lowest BCUT2D eigenvalue weighted by atomic mass is 10.2. The Labute approximate surface area is 121 Å². The van der Waals surface area contributed by atoms with E-state index in [9.17, 15) is 9.90 Å². The molecule has 0 saturated heterocycles. The molecule has 0 bridgehead atoms. The molecule has 0 aliphatic heterocycles. The van der Waals surface area contributed by atoms with Crippen molar-refractivity contribution >= 4 is 17.2 Å². The molecule has 0 radical (unpaired) electrons. The molecule has 102 valence electrons. The van der Waals surface area contributed by atoms with Gasteiger partial charge in [0.1, 0.15) is 5.75 Å². The standard InChI is InChI=1S/C15H14N2O2S/c16-8-2-5-13-6-7-14(20-13)10-17-15(19)11-3-1-4-12(18)9-11/h1,3-4,6-7,9,18H,8,10,16H2,(H,17,19). The average molecular weight is 286 g/mol. The molecule has 1 amide bonds. The van der Waals surface area contributed by atoms with Gasteiger partial charge < -0.3 is 16.2 Å². The predicted octanol–water partition coefficient (Wildman–Crippen LogP) is 1.69. The van der Waals surface area contributed by atoms with Gasteiger partial charge in [0.25, 0.3) is 5.91 Å². The SMILES string of the molecule is NCC#Cc1ccc(CNC(=O)c2cccc(O)c2)s1. The number of benzene rings is 1. The lowest BCUT2D eigenvalue weighted by molar-refractivity contribution is 0.0951. The molecule has 0 saturated carbocycles. The molecular formula is C15H14N2O2S. The van der Waals surface area contributed by atoms with Crippen LogP contribution in [-0.2, 0) is 6.54 Å². The van der Waals surface area contributed by atoms with Crippen LogP contribution in [0.15, 0.2) is 36.4 Å². The molecule has 4 N–H and O–H groups in total. The van der Waals surface area contributed by atoms with E-state index in [-0.39, 0.29) is 11.7 Å². The summed E-state index contributed by atoms with van der Waals surface area (Å²) in [5.74, 6) is 5.60. The Morgan fingerprint density at radius 1 is 1.35 bits per heavy atom. The predicted molar refractivity (Wildman–Crippen MR) is 79.5 cm³/mol. The van der Waals surface area contributed by atoms with Crippen molar-refractivity contribution in [3.05, 3.63) is 51.7 Å². The number of carbonyl (C=O) groups excluding carboxylic acids is 1. The number of nitrogens with two attached hydrogens (primary N) is 1. The van der Waals surface area contributed by atoms with Crippen LogP contribution in [0.3, 0.4) is 0 Å². The van der Waals surface area contributed by atoms with Crippen LogP contribution in [0.25, 0.3) is 0 Å². The number of nitrogens with one attached hydrogen (secondary N) is 1.